The molecule has 0 aliphatic rings. The molecule has 10 heteroatoms. The normalized spacial score (nSPS) is 11.5. The van der Waals surface area contributed by atoms with E-state index in [2.05, 4.69) is 20.7 Å². The summed E-state index contributed by atoms with van der Waals surface area (Å²) < 4.78 is 54.1. The Morgan fingerprint density at radius 2 is 1.78 bits per heavy atom. The highest BCUT2D eigenvalue weighted by Crippen LogP contribution is 2.32. The number of aryl methyl sites for hydroxylation is 1. The van der Waals surface area contributed by atoms with E-state index in [0.717, 1.165) is 22.0 Å². The largest absolute Gasteiger partial charge is 0.416 e. The van der Waals surface area contributed by atoms with Crippen molar-refractivity contribution in [2.45, 2.75) is 19.6 Å². The van der Waals surface area contributed by atoms with Crippen LogP contribution in [0, 0.1) is 5.82 Å². The molecule has 0 aliphatic heterocycles. The Morgan fingerprint density at radius 3 is 2.47 bits per heavy atom. The van der Waals surface area contributed by atoms with Gasteiger partial charge in [0.15, 0.2) is 0 Å². The Kier molecular flexibility index (Phi) is 5.52. The summed E-state index contributed by atoms with van der Waals surface area (Å²) in [7, 11) is 0. The number of hydrogen-bond donors (Lipinski definition) is 2. The van der Waals surface area contributed by atoms with Crippen molar-refractivity contribution in [3.8, 4) is 11.1 Å². The van der Waals surface area contributed by atoms with E-state index in [4.69, 9.17) is 0 Å². The minimum Gasteiger partial charge on any atom is -0.308 e. The molecule has 0 fully saturated rings. The molecular formula is C22H17F4N5O. The fraction of sp³-hybridized carbons (Fsp3) is 0.136. The molecule has 6 nitrogen and oxygen atoms in total. The first-order chi connectivity index (χ1) is 15.3. The van der Waals surface area contributed by atoms with Gasteiger partial charge in [-0.2, -0.15) is 18.3 Å². The van der Waals surface area contributed by atoms with Crippen LogP contribution in [-0.2, 0) is 12.7 Å². The molecule has 2 aromatic carbocycles. The van der Waals surface area contributed by atoms with Gasteiger partial charge in [0.05, 0.1) is 29.2 Å². The van der Waals surface area contributed by atoms with Gasteiger partial charge in [-0.05, 0) is 42.8 Å². The number of nitrogens with zero attached hydrogens (tertiary/aromatic N) is 3. The second kappa shape index (κ2) is 8.29. The Labute approximate surface area is 179 Å². The zero-order valence-corrected chi connectivity index (χ0v) is 16.7. The van der Waals surface area contributed by atoms with Crippen molar-refractivity contribution in [3.63, 3.8) is 0 Å². The van der Waals surface area contributed by atoms with Gasteiger partial charge in [0.1, 0.15) is 5.82 Å². The molecule has 0 aliphatic carbocycles. The fourth-order valence-electron chi connectivity index (χ4n) is 3.29. The number of carbonyl (C=O) groups is 1. The van der Waals surface area contributed by atoms with Crippen LogP contribution in [0.2, 0.25) is 0 Å². The number of alkyl halides is 3. The lowest BCUT2D eigenvalue weighted by atomic mass is 10.0. The van der Waals surface area contributed by atoms with Gasteiger partial charge in [0, 0.05) is 29.4 Å². The Morgan fingerprint density at radius 1 is 1.03 bits per heavy atom. The lowest BCUT2D eigenvalue weighted by Crippen LogP contribution is -2.20. The van der Waals surface area contributed by atoms with Gasteiger partial charge in [-0.25, -0.2) is 9.18 Å². The quantitative estimate of drug-likeness (QED) is 0.385. The number of carbonyl (C=O) groups excluding carboxylic acids is 1. The molecule has 0 atom stereocenters. The van der Waals surface area contributed by atoms with Crippen LogP contribution in [0.25, 0.3) is 22.0 Å². The van der Waals surface area contributed by atoms with Crippen molar-refractivity contribution in [1.29, 1.82) is 0 Å². The van der Waals surface area contributed by atoms with Gasteiger partial charge < -0.3 is 10.6 Å². The summed E-state index contributed by atoms with van der Waals surface area (Å²) in [6, 6.07) is 7.71. The summed E-state index contributed by atoms with van der Waals surface area (Å²) >= 11 is 0. The minimum atomic E-state index is -4.65. The Hall–Kier alpha value is -3.95. The van der Waals surface area contributed by atoms with E-state index in [-0.39, 0.29) is 0 Å². The van der Waals surface area contributed by atoms with Crippen LogP contribution in [0.3, 0.4) is 0 Å². The van der Waals surface area contributed by atoms with E-state index < -0.39 is 29.3 Å². The highest BCUT2D eigenvalue weighted by molar-refractivity contribution is 6.00. The third-order valence-corrected chi connectivity index (χ3v) is 4.87. The van der Waals surface area contributed by atoms with Crippen LogP contribution in [-0.4, -0.2) is 20.8 Å². The van der Waals surface area contributed by atoms with E-state index >= 15 is 0 Å². The monoisotopic (exact) mass is 443 g/mol. The van der Waals surface area contributed by atoms with E-state index in [1.165, 1.54) is 0 Å². The first kappa shape index (κ1) is 21.3. The second-order valence-electron chi connectivity index (χ2n) is 6.93. The number of aromatic nitrogens is 3. The topological polar surface area (TPSA) is 71.8 Å². The average molecular weight is 443 g/mol. The highest BCUT2D eigenvalue weighted by atomic mass is 19.4. The van der Waals surface area contributed by atoms with Crippen LogP contribution >= 0.6 is 0 Å². The maximum absolute atomic E-state index is 13.8. The number of nitrogens with one attached hydrogen (secondary N) is 2. The summed E-state index contributed by atoms with van der Waals surface area (Å²) in [5, 5.41) is 9.85. The lowest BCUT2D eigenvalue weighted by molar-refractivity contribution is -0.137. The molecule has 0 unspecified atom stereocenters. The number of pyridine rings is 1. The SMILES string of the molecule is CCn1ncc2c(-c3ccc(NC(=O)Nc4cc(C(F)(F)F)ccc4F)cc3)cncc21. The lowest BCUT2D eigenvalue weighted by Gasteiger charge is -2.12. The van der Waals surface area contributed by atoms with Gasteiger partial charge in [-0.1, -0.05) is 12.1 Å². The first-order valence-electron chi connectivity index (χ1n) is 9.61. The number of fused-ring (bicyclic) bond motifs is 1. The predicted molar refractivity (Wildman–Crippen MR) is 113 cm³/mol. The molecule has 0 spiro atoms. The number of urea groups is 1. The number of hydrogen-bond acceptors (Lipinski definition) is 3. The summed E-state index contributed by atoms with van der Waals surface area (Å²) in [5.41, 5.74) is 1.35. The molecule has 2 N–H and O–H groups in total. The smallest absolute Gasteiger partial charge is 0.308 e. The van der Waals surface area contributed by atoms with Gasteiger partial charge in [-0.15, -0.1) is 0 Å². The number of halogens is 4. The van der Waals surface area contributed by atoms with Gasteiger partial charge in [0.2, 0.25) is 0 Å². The molecule has 32 heavy (non-hydrogen) atoms. The summed E-state index contributed by atoms with van der Waals surface area (Å²) in [6.45, 7) is 2.69. The molecule has 4 aromatic rings. The molecule has 2 aromatic heterocycles. The zero-order valence-electron chi connectivity index (χ0n) is 16.7. The molecule has 164 valence electrons. The standard InChI is InChI=1S/C22H17F4N5O/c1-2-31-20-12-27-10-16(17(20)11-28-31)13-3-6-15(7-4-13)29-21(32)30-19-9-14(22(24,25)26)5-8-18(19)23/h3-12H,2H2,1H3,(H2,29,30,32). The van der Waals surface area contributed by atoms with Crippen molar-refractivity contribution in [3.05, 3.63) is 72.4 Å². The third-order valence-electron chi connectivity index (χ3n) is 4.87. The highest BCUT2D eigenvalue weighted by Gasteiger charge is 2.31. The van der Waals surface area contributed by atoms with Crippen molar-refractivity contribution in [1.82, 2.24) is 14.8 Å². The Balaban J connectivity index is 1.50. The number of amides is 2. The number of benzene rings is 2. The molecule has 0 saturated heterocycles. The molecule has 2 heterocycles. The second-order valence-corrected chi connectivity index (χ2v) is 6.93. The van der Waals surface area contributed by atoms with E-state index in [1.807, 2.05) is 11.6 Å². The van der Waals surface area contributed by atoms with Crippen LogP contribution < -0.4 is 10.6 Å². The summed E-state index contributed by atoms with van der Waals surface area (Å²) in [5.74, 6) is -0.975. The number of rotatable bonds is 4. The van der Waals surface area contributed by atoms with Crippen LogP contribution in [0.15, 0.2) is 61.1 Å². The summed E-state index contributed by atoms with van der Waals surface area (Å²) in [6.07, 6.45) is 0.568. The van der Waals surface area contributed by atoms with Crippen molar-refractivity contribution < 1.29 is 22.4 Å². The molecule has 4 rings (SSSR count). The predicted octanol–water partition coefficient (Wildman–Crippen LogP) is 5.92. The van der Waals surface area contributed by atoms with Crippen molar-refractivity contribution in [2.75, 3.05) is 10.6 Å². The van der Waals surface area contributed by atoms with Crippen LogP contribution in [0.1, 0.15) is 12.5 Å². The zero-order chi connectivity index (χ0) is 22.9. The fourth-order valence-corrected chi connectivity index (χ4v) is 3.29. The molecule has 0 bridgehead atoms. The van der Waals surface area contributed by atoms with Crippen LogP contribution in [0.4, 0.5) is 33.7 Å². The molecule has 2 amide bonds. The van der Waals surface area contributed by atoms with Gasteiger partial charge >= 0.3 is 12.2 Å². The van der Waals surface area contributed by atoms with E-state index in [9.17, 15) is 22.4 Å². The first-order valence-corrected chi connectivity index (χ1v) is 9.61. The third kappa shape index (κ3) is 4.25. The Bertz CT molecular complexity index is 1280. The summed E-state index contributed by atoms with van der Waals surface area (Å²) in [4.78, 5) is 16.4. The maximum atomic E-state index is 13.8. The molecule has 0 saturated carbocycles. The van der Waals surface area contributed by atoms with Crippen LogP contribution in [0.5, 0.6) is 0 Å². The van der Waals surface area contributed by atoms with E-state index in [1.54, 1.807) is 42.9 Å². The minimum absolute atomic E-state index is 0.378. The van der Waals surface area contributed by atoms with Gasteiger partial charge in [0.25, 0.3) is 0 Å². The maximum Gasteiger partial charge on any atom is 0.416 e. The molecular weight excluding hydrogens is 426 g/mol. The van der Waals surface area contributed by atoms with E-state index in [0.29, 0.717) is 30.4 Å². The van der Waals surface area contributed by atoms with Crippen molar-refractivity contribution in [2.24, 2.45) is 0 Å². The van der Waals surface area contributed by atoms with Crippen molar-refractivity contribution >= 4 is 28.3 Å². The van der Waals surface area contributed by atoms with Gasteiger partial charge in [-0.3, -0.25) is 9.67 Å². The number of anilines is 2. The molecule has 0 radical (unpaired) electrons. The average Bonchev–Trinajstić information content (AvgIpc) is 3.18.